The van der Waals surface area contributed by atoms with E-state index in [1.54, 1.807) is 13.8 Å². The molecule has 0 aromatic heterocycles. The highest BCUT2D eigenvalue weighted by Gasteiger charge is 2.49. The number of carbonyl (C=O) groups is 3. The molecule has 3 aromatic rings. The van der Waals surface area contributed by atoms with Crippen molar-refractivity contribution in [1.29, 1.82) is 0 Å². The number of amides is 2. The van der Waals surface area contributed by atoms with Crippen LogP contribution in [0.3, 0.4) is 0 Å². The minimum absolute atomic E-state index is 0.0522. The van der Waals surface area contributed by atoms with E-state index in [-0.39, 0.29) is 38.1 Å². The van der Waals surface area contributed by atoms with E-state index in [2.05, 4.69) is 17.4 Å². The minimum atomic E-state index is -1.07. The number of alkyl carbamates (subject to hydrolysis) is 1. The predicted octanol–water partition coefficient (Wildman–Crippen LogP) is 5.07. The van der Waals surface area contributed by atoms with Crippen LogP contribution in [0, 0.1) is 11.3 Å². The van der Waals surface area contributed by atoms with Gasteiger partial charge in [-0.25, -0.2) is 4.79 Å². The number of ether oxygens (including phenoxy) is 2. The second kappa shape index (κ2) is 11.7. The first-order chi connectivity index (χ1) is 19.7. The largest absolute Gasteiger partial charge is 0.481 e. The molecule has 0 bridgehead atoms. The highest BCUT2D eigenvalue weighted by molar-refractivity contribution is 5.88. The van der Waals surface area contributed by atoms with Crippen LogP contribution in [-0.2, 0) is 25.7 Å². The Bertz CT molecular complexity index is 1380. The van der Waals surface area contributed by atoms with E-state index in [1.165, 1.54) is 4.90 Å². The van der Waals surface area contributed by atoms with Crippen molar-refractivity contribution in [2.75, 3.05) is 19.7 Å². The van der Waals surface area contributed by atoms with Crippen molar-refractivity contribution in [3.8, 4) is 11.1 Å². The van der Waals surface area contributed by atoms with Gasteiger partial charge in [-0.1, -0.05) is 85.8 Å². The summed E-state index contributed by atoms with van der Waals surface area (Å²) in [5.41, 5.74) is 4.29. The number of carboxylic acids is 1. The molecule has 1 fully saturated rings. The van der Waals surface area contributed by atoms with E-state index in [0.29, 0.717) is 0 Å². The molecule has 8 heteroatoms. The average molecular weight is 557 g/mol. The predicted molar refractivity (Wildman–Crippen MR) is 154 cm³/mol. The van der Waals surface area contributed by atoms with Crippen LogP contribution >= 0.6 is 0 Å². The Hall–Kier alpha value is -4.17. The molecule has 2 aliphatic rings. The molecular formula is C33H36N2O6. The minimum Gasteiger partial charge on any atom is -0.481 e. The molecule has 2 N–H and O–H groups in total. The van der Waals surface area contributed by atoms with Gasteiger partial charge in [0.1, 0.15) is 12.6 Å². The molecule has 0 saturated carbocycles. The number of nitrogens with zero attached hydrogens (tertiary/aromatic N) is 1. The first-order valence-corrected chi connectivity index (χ1v) is 14.0. The molecular weight excluding hydrogens is 520 g/mol. The number of benzene rings is 3. The van der Waals surface area contributed by atoms with Gasteiger partial charge in [-0.15, -0.1) is 0 Å². The third kappa shape index (κ3) is 5.70. The van der Waals surface area contributed by atoms with Gasteiger partial charge in [0.15, 0.2) is 0 Å². The molecule has 4 atom stereocenters. The van der Waals surface area contributed by atoms with E-state index in [0.717, 1.165) is 27.8 Å². The van der Waals surface area contributed by atoms with E-state index in [1.807, 2.05) is 73.7 Å². The van der Waals surface area contributed by atoms with E-state index < -0.39 is 35.5 Å². The number of aliphatic carboxylic acids is 1. The van der Waals surface area contributed by atoms with Gasteiger partial charge in [-0.2, -0.15) is 0 Å². The summed E-state index contributed by atoms with van der Waals surface area (Å²) in [6, 6.07) is 24.6. The lowest BCUT2D eigenvalue weighted by Crippen LogP contribution is -2.54. The van der Waals surface area contributed by atoms with Crippen molar-refractivity contribution in [2.45, 2.75) is 45.4 Å². The normalized spacial score (nSPS) is 21.0. The summed E-state index contributed by atoms with van der Waals surface area (Å²) in [7, 11) is 0. The van der Waals surface area contributed by atoms with Gasteiger partial charge < -0.3 is 24.8 Å². The fourth-order valence-electron chi connectivity index (χ4n) is 5.84. The lowest BCUT2D eigenvalue weighted by atomic mass is 9.81. The molecule has 2 amide bonds. The Morgan fingerprint density at radius 2 is 1.56 bits per heavy atom. The summed E-state index contributed by atoms with van der Waals surface area (Å²) in [5, 5.41) is 12.6. The van der Waals surface area contributed by atoms with Gasteiger partial charge in [0.05, 0.1) is 18.1 Å². The fourth-order valence-corrected chi connectivity index (χ4v) is 5.84. The van der Waals surface area contributed by atoms with Crippen LogP contribution in [0.15, 0.2) is 78.9 Å². The average Bonchev–Trinajstić information content (AvgIpc) is 3.48. The fraction of sp³-hybridized carbons (Fsp3) is 0.364. The first-order valence-electron chi connectivity index (χ1n) is 14.0. The second-order valence-corrected chi connectivity index (χ2v) is 11.3. The number of likely N-dealkylation sites (tertiary alicyclic amines) is 1. The number of fused-ring (bicyclic) bond motifs is 3. The summed E-state index contributed by atoms with van der Waals surface area (Å²) < 4.78 is 11.8. The quantitative estimate of drug-likeness (QED) is 0.381. The molecule has 3 aromatic carbocycles. The zero-order valence-corrected chi connectivity index (χ0v) is 23.6. The van der Waals surface area contributed by atoms with Crippen molar-refractivity contribution >= 4 is 18.0 Å². The maximum Gasteiger partial charge on any atom is 0.407 e. The Kier molecular flexibility index (Phi) is 8.13. The molecule has 214 valence electrons. The molecule has 41 heavy (non-hydrogen) atoms. The molecule has 1 aliphatic carbocycles. The van der Waals surface area contributed by atoms with Gasteiger partial charge in [0, 0.05) is 19.0 Å². The Morgan fingerprint density at radius 3 is 2.15 bits per heavy atom. The van der Waals surface area contributed by atoms with Crippen LogP contribution in [0.4, 0.5) is 4.79 Å². The third-order valence-corrected chi connectivity index (χ3v) is 8.61. The zero-order valence-electron chi connectivity index (χ0n) is 23.6. The molecule has 1 heterocycles. The first kappa shape index (κ1) is 28.4. The summed E-state index contributed by atoms with van der Waals surface area (Å²) in [6.07, 6.45) is -1.43. The van der Waals surface area contributed by atoms with E-state index >= 15 is 0 Å². The van der Waals surface area contributed by atoms with Crippen molar-refractivity contribution < 1.29 is 29.0 Å². The number of nitrogens with one attached hydrogen (secondary N) is 1. The summed E-state index contributed by atoms with van der Waals surface area (Å²) in [5.74, 6) is -1.71. The lowest BCUT2D eigenvalue weighted by Gasteiger charge is -2.29. The van der Waals surface area contributed by atoms with Crippen LogP contribution < -0.4 is 5.32 Å². The van der Waals surface area contributed by atoms with Gasteiger partial charge in [0.25, 0.3) is 0 Å². The SMILES string of the molecule is CC(OCc1ccccc1)C(NC(=O)OCC1c2ccccc2-c2ccccc21)C(=O)N1C[C@H](C)[C@@](C)(C(=O)O)C1. The molecule has 0 radical (unpaired) electrons. The van der Waals surface area contributed by atoms with E-state index in [4.69, 9.17) is 9.47 Å². The molecule has 8 nitrogen and oxygen atoms in total. The van der Waals surface area contributed by atoms with Crippen molar-refractivity contribution in [3.05, 3.63) is 95.6 Å². The van der Waals surface area contributed by atoms with Gasteiger partial charge in [0.2, 0.25) is 5.91 Å². The molecule has 0 spiro atoms. The van der Waals surface area contributed by atoms with E-state index in [9.17, 15) is 19.5 Å². The highest BCUT2D eigenvalue weighted by atomic mass is 16.5. The lowest BCUT2D eigenvalue weighted by molar-refractivity contribution is -0.149. The standard InChI is InChI=1S/C33H36N2O6/c1-21-17-35(20-33(21,3)31(37)38)30(36)29(22(2)40-18-23-11-5-4-6-12-23)34-32(39)41-19-28-26-15-9-7-13-24(26)25-14-8-10-16-27(25)28/h4-16,21-22,28-29H,17-20H2,1-3H3,(H,34,39)(H,37,38)/t21-,22?,29?,33-/m0/s1. The van der Waals surface area contributed by atoms with Gasteiger partial charge >= 0.3 is 12.1 Å². The Balaban J connectivity index is 1.30. The number of hydrogen-bond donors (Lipinski definition) is 2. The monoisotopic (exact) mass is 556 g/mol. The molecule has 2 unspecified atom stereocenters. The van der Waals surface area contributed by atoms with Gasteiger partial charge in [-0.3, -0.25) is 9.59 Å². The Morgan fingerprint density at radius 1 is 0.976 bits per heavy atom. The summed E-state index contributed by atoms with van der Waals surface area (Å²) in [6.45, 7) is 5.89. The van der Waals surface area contributed by atoms with Crippen LogP contribution in [0.5, 0.6) is 0 Å². The van der Waals surface area contributed by atoms with Crippen LogP contribution in [0.25, 0.3) is 11.1 Å². The van der Waals surface area contributed by atoms with Crippen molar-refractivity contribution in [1.82, 2.24) is 10.2 Å². The highest BCUT2D eigenvalue weighted by Crippen LogP contribution is 2.44. The number of carbonyl (C=O) groups excluding carboxylic acids is 2. The molecule has 1 saturated heterocycles. The van der Waals surface area contributed by atoms with Crippen LogP contribution in [-0.4, -0.2) is 59.8 Å². The third-order valence-electron chi connectivity index (χ3n) is 8.61. The Labute approximate surface area is 240 Å². The zero-order chi connectivity index (χ0) is 29.1. The topological polar surface area (TPSA) is 105 Å². The maximum absolute atomic E-state index is 13.8. The maximum atomic E-state index is 13.8. The molecule has 1 aliphatic heterocycles. The van der Waals surface area contributed by atoms with Crippen LogP contribution in [0.2, 0.25) is 0 Å². The smallest absolute Gasteiger partial charge is 0.407 e. The second-order valence-electron chi connectivity index (χ2n) is 11.3. The molecule has 5 rings (SSSR count). The van der Waals surface area contributed by atoms with Crippen LogP contribution in [0.1, 0.15) is 43.4 Å². The summed E-state index contributed by atoms with van der Waals surface area (Å²) >= 11 is 0. The summed E-state index contributed by atoms with van der Waals surface area (Å²) in [4.78, 5) is 40.4. The van der Waals surface area contributed by atoms with Gasteiger partial charge in [-0.05, 0) is 47.6 Å². The van der Waals surface area contributed by atoms with Crippen molar-refractivity contribution in [2.24, 2.45) is 11.3 Å². The number of carboxylic acid groups (broad SMARTS) is 1. The number of rotatable bonds is 9. The number of hydrogen-bond acceptors (Lipinski definition) is 5. The van der Waals surface area contributed by atoms with Crippen molar-refractivity contribution in [3.63, 3.8) is 0 Å².